The van der Waals surface area contributed by atoms with Crippen LogP contribution in [0.15, 0.2) is 0 Å². The van der Waals surface area contributed by atoms with Gasteiger partial charge in [0.15, 0.2) is 0 Å². The monoisotopic (exact) mass is 267 g/mol. The second-order valence-corrected chi connectivity index (χ2v) is 6.49. The molecule has 1 aliphatic carbocycles. The summed E-state index contributed by atoms with van der Waals surface area (Å²) in [6.45, 7) is 6.81. The average molecular weight is 267 g/mol. The summed E-state index contributed by atoms with van der Waals surface area (Å²) in [6.07, 6.45) is 7.68. The van der Waals surface area contributed by atoms with Crippen molar-refractivity contribution >= 4 is 5.91 Å². The first-order valence-electron chi connectivity index (χ1n) is 7.86. The Morgan fingerprint density at radius 1 is 1.37 bits per heavy atom. The van der Waals surface area contributed by atoms with Crippen molar-refractivity contribution in [1.82, 2.24) is 10.2 Å². The van der Waals surface area contributed by atoms with Crippen LogP contribution in [0.1, 0.15) is 52.4 Å². The van der Waals surface area contributed by atoms with Crippen LogP contribution in [0.25, 0.3) is 0 Å². The van der Waals surface area contributed by atoms with Gasteiger partial charge in [0, 0.05) is 12.6 Å². The second-order valence-electron chi connectivity index (χ2n) is 6.49. The predicted molar refractivity (Wildman–Crippen MR) is 77.8 cm³/mol. The van der Waals surface area contributed by atoms with Crippen LogP contribution in [0.4, 0.5) is 0 Å². The maximum Gasteiger partial charge on any atom is 0.238 e. The first-order chi connectivity index (χ1) is 9.07. The Bertz CT molecular complexity index is 321. The van der Waals surface area contributed by atoms with Gasteiger partial charge in [-0.05, 0) is 58.0 Å². The van der Waals surface area contributed by atoms with Gasteiger partial charge in [-0.1, -0.05) is 13.3 Å². The number of hydrogen-bond donors (Lipinski definition) is 2. The highest BCUT2D eigenvalue weighted by Crippen LogP contribution is 2.37. The van der Waals surface area contributed by atoms with Crippen LogP contribution >= 0.6 is 0 Å². The molecule has 2 aliphatic rings. The lowest BCUT2D eigenvalue weighted by Crippen LogP contribution is -2.62. The molecule has 1 amide bonds. The van der Waals surface area contributed by atoms with Gasteiger partial charge in [0.1, 0.15) is 5.54 Å². The highest BCUT2D eigenvalue weighted by molar-refractivity contribution is 5.84. The number of amides is 1. The number of fused-ring (bicyclic) bond motifs is 1. The molecular formula is C15H29N3O. The van der Waals surface area contributed by atoms with E-state index in [4.69, 9.17) is 5.73 Å². The van der Waals surface area contributed by atoms with Crippen molar-refractivity contribution in [1.29, 1.82) is 0 Å². The van der Waals surface area contributed by atoms with Crippen molar-refractivity contribution in [3.8, 4) is 0 Å². The summed E-state index contributed by atoms with van der Waals surface area (Å²) in [6, 6.07) is 0.691. The third kappa shape index (κ3) is 3.29. The summed E-state index contributed by atoms with van der Waals surface area (Å²) in [5.74, 6) is 0.637. The van der Waals surface area contributed by atoms with Crippen LogP contribution in [0.2, 0.25) is 0 Å². The Morgan fingerprint density at radius 3 is 2.79 bits per heavy atom. The fraction of sp³-hybridized carbons (Fsp3) is 0.933. The smallest absolute Gasteiger partial charge is 0.238 e. The first-order valence-corrected chi connectivity index (χ1v) is 7.86. The van der Waals surface area contributed by atoms with Crippen LogP contribution in [-0.4, -0.2) is 42.0 Å². The highest BCUT2D eigenvalue weighted by atomic mass is 16.1. The minimum Gasteiger partial charge on any atom is -0.368 e. The molecule has 0 aromatic heterocycles. The Hall–Kier alpha value is -0.610. The Labute approximate surface area is 117 Å². The largest absolute Gasteiger partial charge is 0.368 e. The zero-order valence-corrected chi connectivity index (χ0v) is 12.5. The molecule has 4 heteroatoms. The molecule has 0 aromatic rings. The van der Waals surface area contributed by atoms with Crippen molar-refractivity contribution in [3.05, 3.63) is 0 Å². The van der Waals surface area contributed by atoms with Gasteiger partial charge in [-0.15, -0.1) is 0 Å². The third-order valence-corrected chi connectivity index (χ3v) is 4.94. The summed E-state index contributed by atoms with van der Waals surface area (Å²) >= 11 is 0. The van der Waals surface area contributed by atoms with Gasteiger partial charge in [0.25, 0.3) is 0 Å². The lowest BCUT2D eigenvalue weighted by Gasteiger charge is -2.42. The predicted octanol–water partition coefficient (Wildman–Crippen LogP) is 1.49. The Morgan fingerprint density at radius 2 is 2.11 bits per heavy atom. The summed E-state index contributed by atoms with van der Waals surface area (Å²) in [5.41, 5.74) is 5.06. The van der Waals surface area contributed by atoms with E-state index in [1.54, 1.807) is 0 Å². The topological polar surface area (TPSA) is 58.4 Å². The van der Waals surface area contributed by atoms with E-state index < -0.39 is 5.54 Å². The van der Waals surface area contributed by atoms with E-state index in [2.05, 4.69) is 17.1 Å². The molecule has 3 atom stereocenters. The molecule has 4 nitrogen and oxygen atoms in total. The quantitative estimate of drug-likeness (QED) is 0.766. The zero-order valence-electron chi connectivity index (χ0n) is 12.5. The normalized spacial score (nSPS) is 30.8. The lowest BCUT2D eigenvalue weighted by atomic mass is 9.89. The van der Waals surface area contributed by atoms with Crippen molar-refractivity contribution in [2.45, 2.75) is 64.0 Å². The summed E-state index contributed by atoms with van der Waals surface area (Å²) in [5, 5.41) is 3.36. The molecule has 3 unspecified atom stereocenters. The number of nitrogens with two attached hydrogens (primary N) is 1. The van der Waals surface area contributed by atoms with Crippen LogP contribution in [0, 0.1) is 5.92 Å². The van der Waals surface area contributed by atoms with E-state index in [9.17, 15) is 4.79 Å². The molecule has 0 bridgehead atoms. The van der Waals surface area contributed by atoms with Crippen molar-refractivity contribution < 1.29 is 4.79 Å². The van der Waals surface area contributed by atoms with Crippen LogP contribution in [-0.2, 0) is 4.79 Å². The minimum atomic E-state index is -0.583. The second kappa shape index (κ2) is 6.23. The van der Waals surface area contributed by atoms with Gasteiger partial charge in [-0.25, -0.2) is 0 Å². The number of likely N-dealkylation sites (tertiary alicyclic amines) is 1. The number of piperidine rings is 1. The number of rotatable bonds is 6. The molecule has 2 fully saturated rings. The van der Waals surface area contributed by atoms with Crippen molar-refractivity contribution in [2.75, 3.05) is 19.6 Å². The Kier molecular flexibility index (Phi) is 4.85. The molecule has 2 rings (SSSR count). The van der Waals surface area contributed by atoms with Gasteiger partial charge in [0.05, 0.1) is 0 Å². The third-order valence-electron chi connectivity index (χ3n) is 4.94. The molecule has 1 heterocycles. The number of carbonyl (C=O) groups is 1. The van der Waals surface area contributed by atoms with E-state index in [0.29, 0.717) is 6.04 Å². The van der Waals surface area contributed by atoms with E-state index in [1.807, 2.05) is 6.92 Å². The van der Waals surface area contributed by atoms with Crippen LogP contribution in [0.3, 0.4) is 0 Å². The maximum absolute atomic E-state index is 11.8. The number of carbonyl (C=O) groups excluding carboxylic acids is 1. The SMILES string of the molecule is CCCNC(C)(CN1CCCC2CCCC21)C(N)=O. The minimum absolute atomic E-state index is 0.221. The molecule has 19 heavy (non-hydrogen) atoms. The standard InChI is InChI=1S/C15H29N3O/c1-3-9-17-15(2,14(16)19)11-18-10-5-7-12-6-4-8-13(12)18/h12-13,17H,3-11H2,1-2H3,(H2,16,19). The summed E-state index contributed by atoms with van der Waals surface area (Å²) in [7, 11) is 0. The molecule has 1 saturated carbocycles. The van der Waals surface area contributed by atoms with E-state index in [-0.39, 0.29) is 5.91 Å². The van der Waals surface area contributed by atoms with Crippen molar-refractivity contribution in [3.63, 3.8) is 0 Å². The number of nitrogens with one attached hydrogen (secondary N) is 1. The van der Waals surface area contributed by atoms with Crippen molar-refractivity contribution in [2.24, 2.45) is 11.7 Å². The molecule has 110 valence electrons. The lowest BCUT2D eigenvalue weighted by molar-refractivity contribution is -0.125. The van der Waals surface area contributed by atoms with Gasteiger partial charge in [-0.2, -0.15) is 0 Å². The van der Waals surface area contributed by atoms with Gasteiger partial charge >= 0.3 is 0 Å². The highest BCUT2D eigenvalue weighted by Gasteiger charge is 2.40. The molecular weight excluding hydrogens is 238 g/mol. The molecule has 0 aromatic carbocycles. The number of nitrogens with zero attached hydrogens (tertiary/aromatic N) is 1. The van der Waals surface area contributed by atoms with E-state index in [1.165, 1.54) is 32.1 Å². The molecule has 1 aliphatic heterocycles. The average Bonchev–Trinajstić information content (AvgIpc) is 2.85. The fourth-order valence-electron chi connectivity index (χ4n) is 3.78. The summed E-state index contributed by atoms with van der Waals surface area (Å²) < 4.78 is 0. The fourth-order valence-corrected chi connectivity index (χ4v) is 3.78. The zero-order chi connectivity index (χ0) is 13.9. The van der Waals surface area contributed by atoms with Gasteiger partial charge in [-0.3, -0.25) is 9.69 Å². The molecule has 1 saturated heterocycles. The molecule has 0 spiro atoms. The van der Waals surface area contributed by atoms with E-state index in [0.717, 1.165) is 32.0 Å². The molecule has 3 N–H and O–H groups in total. The van der Waals surface area contributed by atoms with Crippen LogP contribution in [0.5, 0.6) is 0 Å². The number of primary amides is 1. The van der Waals surface area contributed by atoms with Gasteiger partial charge in [0.2, 0.25) is 5.91 Å². The Balaban J connectivity index is 2.01. The molecule has 0 radical (unpaired) electrons. The van der Waals surface area contributed by atoms with Crippen LogP contribution < -0.4 is 11.1 Å². The van der Waals surface area contributed by atoms with E-state index >= 15 is 0 Å². The summed E-state index contributed by atoms with van der Waals surface area (Å²) in [4.78, 5) is 14.3. The number of hydrogen-bond acceptors (Lipinski definition) is 3. The maximum atomic E-state index is 11.8. The first kappa shape index (κ1) is 14.8. The van der Waals surface area contributed by atoms with Gasteiger partial charge < -0.3 is 11.1 Å².